The van der Waals surface area contributed by atoms with Gasteiger partial charge in [0, 0.05) is 49.5 Å². The van der Waals surface area contributed by atoms with Gasteiger partial charge in [-0.25, -0.2) is 9.97 Å². The van der Waals surface area contributed by atoms with E-state index in [4.69, 9.17) is 0 Å². The first-order valence-electron chi connectivity index (χ1n) is 15.2. The number of nitriles is 1. The molecule has 3 aromatic rings. The van der Waals surface area contributed by atoms with Gasteiger partial charge in [0.25, 0.3) is 11.8 Å². The Morgan fingerprint density at radius 1 is 1.04 bits per heavy atom. The second-order valence-electron chi connectivity index (χ2n) is 11.3. The maximum absolute atomic E-state index is 12.7. The zero-order valence-electron chi connectivity index (χ0n) is 26.4. The fourth-order valence-electron chi connectivity index (χ4n) is 5.72. The van der Waals surface area contributed by atoms with Crippen LogP contribution in [0.1, 0.15) is 69.4 Å². The molecule has 1 aliphatic rings. The average molecular weight is 612 g/mol. The molecule has 1 fully saturated rings. The molecule has 2 N–H and O–H groups in total. The van der Waals surface area contributed by atoms with E-state index in [1.165, 1.54) is 13.4 Å². The zero-order chi connectivity index (χ0) is 32.3. The number of methoxy groups -OCH3 is 1. The highest BCUT2D eigenvalue weighted by Gasteiger charge is 2.28. The molecule has 0 aliphatic carbocycles. The number of hydrogen-bond acceptors (Lipinski definition) is 9. The molecule has 2 aromatic carbocycles. The number of ether oxygens (including phenoxy) is 1. The van der Waals surface area contributed by atoms with E-state index >= 15 is 0 Å². The lowest BCUT2D eigenvalue weighted by Gasteiger charge is -2.42. The minimum Gasteiger partial charge on any atom is -0.468 e. The summed E-state index contributed by atoms with van der Waals surface area (Å²) in [7, 11) is 1.28. The van der Waals surface area contributed by atoms with Gasteiger partial charge in [0.2, 0.25) is 0 Å². The van der Waals surface area contributed by atoms with E-state index in [2.05, 4.69) is 48.1 Å². The van der Waals surface area contributed by atoms with Crippen LogP contribution in [0.15, 0.2) is 54.9 Å². The number of piperidine rings is 1. The van der Waals surface area contributed by atoms with Crippen molar-refractivity contribution in [1.82, 2.24) is 25.5 Å². The van der Waals surface area contributed by atoms with E-state index < -0.39 is 5.97 Å². The number of rotatable bonds is 12. The molecule has 0 saturated carbocycles. The summed E-state index contributed by atoms with van der Waals surface area (Å²) in [6.07, 6.45) is 4.18. The number of aromatic nitrogens is 2. The fourth-order valence-corrected chi connectivity index (χ4v) is 5.72. The second-order valence-corrected chi connectivity index (χ2v) is 11.3. The summed E-state index contributed by atoms with van der Waals surface area (Å²) >= 11 is 0. The first kappa shape index (κ1) is 33.1. The minimum absolute atomic E-state index is 0.139. The van der Waals surface area contributed by atoms with Gasteiger partial charge < -0.3 is 25.2 Å². The third-order valence-electron chi connectivity index (χ3n) is 8.36. The Balaban J connectivity index is 1.38. The molecule has 1 unspecified atom stereocenters. The summed E-state index contributed by atoms with van der Waals surface area (Å²) in [6.45, 7) is 8.65. The standard InChI is InChI=1S/C34H41N7O4/c1-23(12-15-36-34(44)32-24(2)38-22-39-25(32)3)40-16-13-30(14-17-40)41(21-27-7-5-6-26(18-27)19-35)29-10-8-28(9-11-29)33(43)37-20-31(42)45-4/h5-11,18,22-23,30H,12-17,20-21H2,1-4H3,(H,36,44)(H,37,43). The van der Waals surface area contributed by atoms with E-state index in [0.29, 0.717) is 47.2 Å². The number of nitrogens with zero attached hydrogens (tertiary/aromatic N) is 5. The Hall–Kier alpha value is -4.82. The van der Waals surface area contributed by atoms with Crippen molar-refractivity contribution < 1.29 is 19.1 Å². The van der Waals surface area contributed by atoms with Crippen molar-refractivity contribution in [3.8, 4) is 6.07 Å². The van der Waals surface area contributed by atoms with Gasteiger partial charge in [-0.2, -0.15) is 5.26 Å². The summed E-state index contributed by atoms with van der Waals surface area (Å²) in [5.74, 6) is -0.996. The van der Waals surface area contributed by atoms with E-state index in [-0.39, 0.29) is 24.4 Å². The van der Waals surface area contributed by atoms with Crippen LogP contribution in [0.25, 0.3) is 0 Å². The van der Waals surface area contributed by atoms with Crippen molar-refractivity contribution in [3.05, 3.63) is 88.5 Å². The van der Waals surface area contributed by atoms with E-state index in [9.17, 15) is 19.6 Å². The highest BCUT2D eigenvalue weighted by atomic mass is 16.5. The van der Waals surface area contributed by atoms with Crippen LogP contribution in [0.2, 0.25) is 0 Å². The Kier molecular flexibility index (Phi) is 11.6. The molecular weight excluding hydrogens is 570 g/mol. The smallest absolute Gasteiger partial charge is 0.325 e. The molecule has 0 bridgehead atoms. The largest absolute Gasteiger partial charge is 0.468 e. The molecule has 11 nitrogen and oxygen atoms in total. The van der Waals surface area contributed by atoms with Crippen LogP contribution in [-0.4, -0.2) is 78.0 Å². The van der Waals surface area contributed by atoms with Crippen LogP contribution in [0.5, 0.6) is 0 Å². The van der Waals surface area contributed by atoms with Crippen molar-refractivity contribution in [2.75, 3.05) is 38.2 Å². The van der Waals surface area contributed by atoms with Gasteiger partial charge in [-0.3, -0.25) is 14.4 Å². The van der Waals surface area contributed by atoms with E-state index in [0.717, 1.165) is 43.6 Å². The molecule has 2 amide bonds. The Labute approximate surface area is 264 Å². The number of benzene rings is 2. The number of aryl methyl sites for hydroxylation is 2. The van der Waals surface area contributed by atoms with Gasteiger partial charge in [0.1, 0.15) is 12.9 Å². The SMILES string of the molecule is COC(=O)CNC(=O)c1ccc(N(Cc2cccc(C#N)c2)C2CCN(C(C)CCNC(=O)c3c(C)ncnc3C)CC2)cc1. The summed E-state index contributed by atoms with van der Waals surface area (Å²) < 4.78 is 4.60. The number of carbonyl (C=O) groups excluding carboxylic acids is 3. The minimum atomic E-state index is -0.511. The van der Waals surface area contributed by atoms with Crippen molar-refractivity contribution in [2.45, 2.75) is 58.7 Å². The molecule has 1 aromatic heterocycles. The van der Waals surface area contributed by atoms with Gasteiger partial charge >= 0.3 is 5.97 Å². The molecule has 236 valence electrons. The molecule has 2 heterocycles. The first-order chi connectivity index (χ1) is 21.7. The number of carbonyl (C=O) groups is 3. The third kappa shape index (κ3) is 8.86. The van der Waals surface area contributed by atoms with Crippen molar-refractivity contribution >= 4 is 23.5 Å². The number of likely N-dealkylation sites (tertiary alicyclic amines) is 1. The number of anilines is 1. The van der Waals surface area contributed by atoms with Crippen molar-refractivity contribution in [1.29, 1.82) is 5.26 Å². The highest BCUT2D eigenvalue weighted by Crippen LogP contribution is 2.28. The van der Waals surface area contributed by atoms with E-state index in [1.807, 2.05) is 44.2 Å². The van der Waals surface area contributed by atoms with Gasteiger partial charge in [-0.15, -0.1) is 0 Å². The van der Waals surface area contributed by atoms with Crippen LogP contribution in [0, 0.1) is 25.2 Å². The molecule has 1 aliphatic heterocycles. The number of amides is 2. The average Bonchev–Trinajstić information content (AvgIpc) is 3.06. The topological polar surface area (TPSA) is 141 Å². The summed E-state index contributed by atoms with van der Waals surface area (Å²) in [6, 6.07) is 17.8. The summed E-state index contributed by atoms with van der Waals surface area (Å²) in [5.41, 5.74) is 4.98. The van der Waals surface area contributed by atoms with Crippen LogP contribution in [-0.2, 0) is 16.1 Å². The summed E-state index contributed by atoms with van der Waals surface area (Å²) in [5, 5.41) is 15.0. The normalized spacial score (nSPS) is 14.2. The molecule has 0 radical (unpaired) electrons. The molecular formula is C34H41N7O4. The number of nitrogens with one attached hydrogen (secondary N) is 2. The van der Waals surface area contributed by atoms with E-state index in [1.54, 1.807) is 18.2 Å². The Morgan fingerprint density at radius 2 is 1.73 bits per heavy atom. The second kappa shape index (κ2) is 15.8. The van der Waals surface area contributed by atoms with Gasteiger partial charge in [-0.05, 0) is 82.0 Å². The van der Waals surface area contributed by atoms with Crippen LogP contribution in [0.4, 0.5) is 5.69 Å². The quantitative estimate of drug-likeness (QED) is 0.294. The fraction of sp³-hybridized carbons (Fsp3) is 0.412. The zero-order valence-corrected chi connectivity index (χ0v) is 26.4. The van der Waals surface area contributed by atoms with Crippen LogP contribution >= 0.6 is 0 Å². The lowest BCUT2D eigenvalue weighted by atomic mass is 9.98. The van der Waals surface area contributed by atoms with Gasteiger partial charge in [0.15, 0.2) is 0 Å². The lowest BCUT2D eigenvalue weighted by Crippen LogP contribution is -2.48. The molecule has 4 rings (SSSR count). The predicted molar refractivity (Wildman–Crippen MR) is 171 cm³/mol. The molecule has 1 saturated heterocycles. The highest BCUT2D eigenvalue weighted by molar-refractivity contribution is 5.96. The third-order valence-corrected chi connectivity index (χ3v) is 8.36. The van der Waals surface area contributed by atoms with Crippen LogP contribution < -0.4 is 15.5 Å². The van der Waals surface area contributed by atoms with Crippen LogP contribution in [0.3, 0.4) is 0 Å². The Morgan fingerprint density at radius 3 is 2.38 bits per heavy atom. The van der Waals surface area contributed by atoms with Crippen molar-refractivity contribution in [3.63, 3.8) is 0 Å². The molecule has 0 spiro atoms. The predicted octanol–water partition coefficient (Wildman–Crippen LogP) is 3.55. The Bertz CT molecular complexity index is 1510. The molecule has 1 atom stereocenters. The molecule has 11 heteroatoms. The van der Waals surface area contributed by atoms with Gasteiger partial charge in [-0.1, -0.05) is 12.1 Å². The lowest BCUT2D eigenvalue weighted by molar-refractivity contribution is -0.139. The summed E-state index contributed by atoms with van der Waals surface area (Å²) in [4.78, 5) is 49.8. The molecule has 45 heavy (non-hydrogen) atoms. The monoisotopic (exact) mass is 611 g/mol. The first-order valence-corrected chi connectivity index (χ1v) is 15.2. The van der Waals surface area contributed by atoms with Crippen molar-refractivity contribution in [2.24, 2.45) is 0 Å². The number of esters is 1. The van der Waals surface area contributed by atoms with Gasteiger partial charge in [0.05, 0.1) is 35.7 Å². The maximum Gasteiger partial charge on any atom is 0.325 e. The maximum atomic E-state index is 12.7. The number of hydrogen-bond donors (Lipinski definition) is 2.